The van der Waals surface area contributed by atoms with Gasteiger partial charge in [0.05, 0.1) is 17.9 Å². The molecule has 8 heteroatoms. The van der Waals surface area contributed by atoms with Crippen molar-refractivity contribution in [3.8, 4) is 0 Å². The number of aromatic nitrogens is 3. The minimum Gasteiger partial charge on any atom is -0.359 e. The Morgan fingerprint density at radius 3 is 3.00 bits per heavy atom. The van der Waals surface area contributed by atoms with E-state index in [-0.39, 0.29) is 11.1 Å². The van der Waals surface area contributed by atoms with Crippen molar-refractivity contribution in [2.45, 2.75) is 30.8 Å². The number of hydrogen-bond donors (Lipinski definition) is 0. The zero-order valence-electron chi connectivity index (χ0n) is 12.6. The number of fused-ring (bicyclic) bond motifs is 1. The van der Waals surface area contributed by atoms with Gasteiger partial charge in [0.15, 0.2) is 10.8 Å². The Labute approximate surface area is 133 Å². The monoisotopic (exact) mass is 332 g/mol. The second-order valence-corrected chi connectivity index (χ2v) is 7.51. The summed E-state index contributed by atoms with van der Waals surface area (Å²) in [7, 11) is -3.66. The number of nitrogens with zero attached hydrogens (tertiary/aromatic N) is 4. The van der Waals surface area contributed by atoms with Gasteiger partial charge >= 0.3 is 0 Å². The standard InChI is InChI=1S/C15H16N4O3S/c1-11-9-13(22-17-11)12-5-4-8-19(12)23(20,21)15-10-16-14-6-2-3-7-18(14)15/h2-3,6-7,9-10,12H,4-5,8H2,1H3. The van der Waals surface area contributed by atoms with Gasteiger partial charge in [-0.25, -0.2) is 13.4 Å². The average molecular weight is 332 g/mol. The van der Waals surface area contributed by atoms with E-state index in [1.165, 1.54) is 10.5 Å². The maximum absolute atomic E-state index is 13.1. The molecule has 23 heavy (non-hydrogen) atoms. The second kappa shape index (κ2) is 5.17. The molecule has 0 bridgehead atoms. The number of aryl methyl sites for hydroxylation is 1. The van der Waals surface area contributed by atoms with Gasteiger partial charge in [0.25, 0.3) is 10.0 Å². The molecule has 0 amide bonds. The van der Waals surface area contributed by atoms with Crippen molar-refractivity contribution in [3.63, 3.8) is 0 Å². The fourth-order valence-corrected chi connectivity index (χ4v) is 4.82. The molecule has 1 atom stereocenters. The van der Waals surface area contributed by atoms with E-state index in [0.29, 0.717) is 18.0 Å². The molecule has 1 aliphatic rings. The van der Waals surface area contributed by atoms with Crippen LogP contribution in [0.5, 0.6) is 0 Å². The Morgan fingerprint density at radius 1 is 1.35 bits per heavy atom. The molecule has 0 radical (unpaired) electrons. The first-order chi connectivity index (χ1) is 11.1. The summed E-state index contributed by atoms with van der Waals surface area (Å²) in [6.45, 7) is 2.29. The summed E-state index contributed by atoms with van der Waals surface area (Å²) in [5.41, 5.74) is 1.36. The lowest BCUT2D eigenvalue weighted by Gasteiger charge is -2.21. The van der Waals surface area contributed by atoms with Crippen LogP contribution in [0.15, 0.2) is 46.2 Å². The largest absolute Gasteiger partial charge is 0.359 e. The Balaban J connectivity index is 1.78. The van der Waals surface area contributed by atoms with Gasteiger partial charge in [-0.3, -0.25) is 4.40 Å². The first kappa shape index (κ1) is 14.4. The van der Waals surface area contributed by atoms with Crippen molar-refractivity contribution in [3.05, 3.63) is 48.1 Å². The molecule has 1 aliphatic heterocycles. The summed E-state index contributed by atoms with van der Waals surface area (Å²) in [5.74, 6) is 0.595. The number of imidazole rings is 1. The first-order valence-electron chi connectivity index (χ1n) is 7.44. The molecule has 7 nitrogen and oxygen atoms in total. The van der Waals surface area contributed by atoms with E-state index in [1.807, 2.05) is 13.0 Å². The molecule has 1 fully saturated rings. The van der Waals surface area contributed by atoms with Crippen LogP contribution in [0, 0.1) is 6.92 Å². The van der Waals surface area contributed by atoms with Crippen molar-refractivity contribution in [1.29, 1.82) is 0 Å². The summed E-state index contributed by atoms with van der Waals surface area (Å²) < 4.78 is 34.6. The predicted octanol–water partition coefficient (Wildman–Crippen LogP) is 2.16. The van der Waals surface area contributed by atoms with Crippen molar-refractivity contribution >= 4 is 15.7 Å². The van der Waals surface area contributed by atoms with Crippen molar-refractivity contribution in [2.24, 2.45) is 0 Å². The molecule has 0 saturated carbocycles. The molecule has 4 rings (SSSR count). The highest BCUT2D eigenvalue weighted by Crippen LogP contribution is 2.36. The lowest BCUT2D eigenvalue weighted by molar-refractivity contribution is 0.296. The SMILES string of the molecule is Cc1cc(C2CCCN2S(=O)(=O)c2cnc3ccccn23)on1. The topological polar surface area (TPSA) is 80.7 Å². The normalized spacial score (nSPS) is 19.6. The molecule has 1 unspecified atom stereocenters. The smallest absolute Gasteiger partial charge is 0.261 e. The van der Waals surface area contributed by atoms with Gasteiger partial charge in [0, 0.05) is 18.8 Å². The molecule has 0 aliphatic carbocycles. The zero-order valence-corrected chi connectivity index (χ0v) is 13.4. The summed E-state index contributed by atoms with van der Waals surface area (Å²) >= 11 is 0. The Bertz CT molecular complexity index is 960. The molecule has 0 aromatic carbocycles. The Kier molecular flexibility index (Phi) is 3.24. The molecule has 1 saturated heterocycles. The van der Waals surface area contributed by atoms with Crippen LogP contribution < -0.4 is 0 Å². The van der Waals surface area contributed by atoms with E-state index >= 15 is 0 Å². The third-order valence-electron chi connectivity index (χ3n) is 4.13. The van der Waals surface area contributed by atoms with Gasteiger partial charge in [0.1, 0.15) is 5.65 Å². The summed E-state index contributed by atoms with van der Waals surface area (Å²) in [4.78, 5) is 4.18. The molecular weight excluding hydrogens is 316 g/mol. The third-order valence-corrected chi connectivity index (χ3v) is 6.02. The van der Waals surface area contributed by atoms with E-state index < -0.39 is 10.0 Å². The second-order valence-electron chi connectivity index (χ2n) is 5.67. The number of rotatable bonds is 3. The van der Waals surface area contributed by atoms with Gasteiger partial charge in [-0.1, -0.05) is 11.2 Å². The van der Waals surface area contributed by atoms with Gasteiger partial charge in [-0.15, -0.1) is 0 Å². The van der Waals surface area contributed by atoms with Crippen LogP contribution in [-0.4, -0.2) is 33.8 Å². The maximum Gasteiger partial charge on any atom is 0.261 e. The van der Waals surface area contributed by atoms with Crippen LogP contribution in [0.4, 0.5) is 0 Å². The highest BCUT2D eigenvalue weighted by atomic mass is 32.2. The first-order valence-corrected chi connectivity index (χ1v) is 8.88. The molecular formula is C15H16N4O3S. The number of sulfonamides is 1. The van der Waals surface area contributed by atoms with Crippen LogP contribution in [0.25, 0.3) is 5.65 Å². The minimum atomic E-state index is -3.66. The fraction of sp³-hybridized carbons (Fsp3) is 0.333. The highest BCUT2D eigenvalue weighted by Gasteiger charge is 2.39. The van der Waals surface area contributed by atoms with Crippen molar-refractivity contribution in [2.75, 3.05) is 6.54 Å². The van der Waals surface area contributed by atoms with E-state index in [1.54, 1.807) is 28.8 Å². The van der Waals surface area contributed by atoms with E-state index in [9.17, 15) is 8.42 Å². The van der Waals surface area contributed by atoms with Crippen LogP contribution in [0.3, 0.4) is 0 Å². The van der Waals surface area contributed by atoms with Gasteiger partial charge in [0.2, 0.25) is 0 Å². The maximum atomic E-state index is 13.1. The third kappa shape index (κ3) is 2.25. The average Bonchev–Trinajstić information content (AvgIpc) is 3.25. The van der Waals surface area contributed by atoms with Crippen LogP contribution in [0.2, 0.25) is 0 Å². The summed E-state index contributed by atoms with van der Waals surface area (Å²) in [6, 6.07) is 6.88. The van der Waals surface area contributed by atoms with Gasteiger partial charge in [-0.05, 0) is 31.9 Å². The van der Waals surface area contributed by atoms with Gasteiger partial charge < -0.3 is 4.52 Å². The zero-order chi connectivity index (χ0) is 16.0. The van der Waals surface area contributed by atoms with Crippen LogP contribution >= 0.6 is 0 Å². The van der Waals surface area contributed by atoms with E-state index in [0.717, 1.165) is 18.5 Å². The van der Waals surface area contributed by atoms with Crippen molar-refractivity contribution in [1.82, 2.24) is 18.8 Å². The lowest BCUT2D eigenvalue weighted by Crippen LogP contribution is -2.31. The fourth-order valence-electron chi connectivity index (χ4n) is 3.07. The summed E-state index contributed by atoms with van der Waals surface area (Å²) in [5, 5.41) is 4.05. The Hall–Kier alpha value is -2.19. The van der Waals surface area contributed by atoms with Gasteiger partial charge in [-0.2, -0.15) is 4.31 Å². The molecule has 3 aromatic rings. The highest BCUT2D eigenvalue weighted by molar-refractivity contribution is 7.89. The number of pyridine rings is 1. The molecule has 0 spiro atoms. The summed E-state index contributed by atoms with van der Waals surface area (Å²) in [6.07, 6.45) is 4.63. The molecule has 4 heterocycles. The van der Waals surface area contributed by atoms with Crippen LogP contribution in [-0.2, 0) is 10.0 Å². The molecule has 0 N–H and O–H groups in total. The van der Waals surface area contributed by atoms with Crippen molar-refractivity contribution < 1.29 is 12.9 Å². The lowest BCUT2D eigenvalue weighted by atomic mass is 10.2. The molecule has 3 aromatic heterocycles. The van der Waals surface area contributed by atoms with E-state index in [2.05, 4.69) is 10.1 Å². The van der Waals surface area contributed by atoms with Crippen LogP contribution in [0.1, 0.15) is 30.3 Å². The quantitative estimate of drug-likeness (QED) is 0.734. The number of hydrogen-bond acceptors (Lipinski definition) is 5. The van der Waals surface area contributed by atoms with E-state index in [4.69, 9.17) is 4.52 Å². The predicted molar refractivity (Wildman–Crippen MR) is 82.3 cm³/mol. The molecule has 120 valence electrons. The minimum absolute atomic E-state index is 0.177. The Morgan fingerprint density at radius 2 is 2.22 bits per heavy atom.